The summed E-state index contributed by atoms with van der Waals surface area (Å²) in [6.45, 7) is 0. The largest absolute Gasteiger partial charge is 0.271 e. The highest BCUT2D eigenvalue weighted by Crippen LogP contribution is 2.28. The second-order valence-corrected chi connectivity index (χ2v) is 8.76. The Kier molecular flexibility index (Phi) is 4.82. The second-order valence-electron chi connectivity index (χ2n) is 4.57. The number of halogens is 1. The number of nitrogens with one attached hydrogen (secondary N) is 1. The van der Waals surface area contributed by atoms with Crippen LogP contribution in [0.2, 0.25) is 0 Å². The summed E-state index contributed by atoms with van der Waals surface area (Å²) in [5.41, 5.74) is 2.70. The maximum Gasteiger partial charge on any atom is 0.154 e. The molecule has 1 aliphatic heterocycles. The number of hydrazine groups is 1. The van der Waals surface area contributed by atoms with E-state index in [1.165, 1.54) is 0 Å². The van der Waals surface area contributed by atoms with Gasteiger partial charge in [0.1, 0.15) is 0 Å². The first-order chi connectivity index (χ1) is 8.54. The van der Waals surface area contributed by atoms with Crippen molar-refractivity contribution in [3.63, 3.8) is 0 Å². The average molecular weight is 353 g/mol. The molecule has 2 atom stereocenters. The van der Waals surface area contributed by atoms with Gasteiger partial charge in [-0.1, -0.05) is 6.42 Å². The minimum atomic E-state index is -3.00. The molecule has 102 valence electrons. The standard InChI is InChI=1S/C11H17BrN2O2S2/c12-8-4-5-17-10(8)7-9(14-13)11-3-1-2-6-18(11,15)16/h4-5,9,11,14H,1-3,6-7,13H2. The lowest BCUT2D eigenvalue weighted by molar-refractivity contribution is 0.442. The number of nitrogens with two attached hydrogens (primary N) is 1. The van der Waals surface area contributed by atoms with Gasteiger partial charge in [-0.05, 0) is 40.2 Å². The van der Waals surface area contributed by atoms with E-state index < -0.39 is 9.84 Å². The van der Waals surface area contributed by atoms with Gasteiger partial charge in [0.05, 0.1) is 11.0 Å². The van der Waals surface area contributed by atoms with E-state index >= 15 is 0 Å². The molecule has 2 rings (SSSR count). The fourth-order valence-electron chi connectivity index (χ4n) is 2.40. The van der Waals surface area contributed by atoms with Crippen LogP contribution in [0.3, 0.4) is 0 Å². The Morgan fingerprint density at radius 2 is 2.33 bits per heavy atom. The van der Waals surface area contributed by atoms with Gasteiger partial charge < -0.3 is 0 Å². The molecule has 0 spiro atoms. The normalized spacial score (nSPS) is 24.9. The molecule has 3 N–H and O–H groups in total. The Bertz CT molecular complexity index is 501. The van der Waals surface area contributed by atoms with Crippen LogP contribution in [0, 0.1) is 0 Å². The molecule has 4 nitrogen and oxygen atoms in total. The van der Waals surface area contributed by atoms with Crippen LogP contribution in [-0.2, 0) is 16.3 Å². The lowest BCUT2D eigenvalue weighted by atomic mass is 10.0. The van der Waals surface area contributed by atoms with Crippen LogP contribution in [0.1, 0.15) is 24.1 Å². The van der Waals surface area contributed by atoms with Crippen molar-refractivity contribution < 1.29 is 8.42 Å². The van der Waals surface area contributed by atoms with Crippen molar-refractivity contribution in [2.75, 3.05) is 5.75 Å². The van der Waals surface area contributed by atoms with E-state index in [1.54, 1.807) is 11.3 Å². The molecular formula is C11H17BrN2O2S2. The summed E-state index contributed by atoms with van der Waals surface area (Å²) in [5.74, 6) is 5.86. The van der Waals surface area contributed by atoms with Crippen LogP contribution in [-0.4, -0.2) is 25.5 Å². The maximum atomic E-state index is 12.1. The second kappa shape index (κ2) is 6.00. The van der Waals surface area contributed by atoms with Crippen LogP contribution in [0.25, 0.3) is 0 Å². The van der Waals surface area contributed by atoms with Gasteiger partial charge in [-0.2, -0.15) is 0 Å². The van der Waals surface area contributed by atoms with Crippen LogP contribution in [0.15, 0.2) is 15.9 Å². The molecule has 1 saturated heterocycles. The molecular weight excluding hydrogens is 336 g/mol. The first-order valence-electron chi connectivity index (χ1n) is 5.94. The topological polar surface area (TPSA) is 72.2 Å². The number of rotatable bonds is 4. The predicted molar refractivity (Wildman–Crippen MR) is 78.3 cm³/mol. The molecule has 2 heterocycles. The van der Waals surface area contributed by atoms with E-state index in [-0.39, 0.29) is 11.3 Å². The molecule has 1 aliphatic rings. The summed E-state index contributed by atoms with van der Waals surface area (Å²) in [6.07, 6.45) is 3.10. The molecule has 2 unspecified atom stereocenters. The third kappa shape index (κ3) is 3.14. The molecule has 0 bridgehead atoms. The minimum absolute atomic E-state index is 0.203. The molecule has 1 aromatic rings. The number of hydrogen-bond acceptors (Lipinski definition) is 5. The highest BCUT2D eigenvalue weighted by atomic mass is 79.9. The monoisotopic (exact) mass is 352 g/mol. The van der Waals surface area contributed by atoms with Crippen molar-refractivity contribution >= 4 is 37.1 Å². The summed E-state index contributed by atoms with van der Waals surface area (Å²) in [4.78, 5) is 1.14. The fraction of sp³-hybridized carbons (Fsp3) is 0.636. The van der Waals surface area contributed by atoms with Gasteiger partial charge in [0.15, 0.2) is 9.84 Å². The highest BCUT2D eigenvalue weighted by Gasteiger charge is 2.35. The zero-order valence-corrected chi connectivity index (χ0v) is 13.2. The summed E-state index contributed by atoms with van der Waals surface area (Å²) in [7, 11) is -3.00. The van der Waals surface area contributed by atoms with Gasteiger partial charge in [0.25, 0.3) is 0 Å². The first kappa shape index (κ1) is 14.5. The van der Waals surface area contributed by atoms with Crippen LogP contribution < -0.4 is 11.3 Å². The van der Waals surface area contributed by atoms with Crippen molar-refractivity contribution in [3.8, 4) is 0 Å². The average Bonchev–Trinajstić information content (AvgIpc) is 2.72. The van der Waals surface area contributed by atoms with E-state index in [2.05, 4.69) is 21.4 Å². The first-order valence-corrected chi connectivity index (χ1v) is 9.33. The number of thiophene rings is 1. The molecule has 0 saturated carbocycles. The molecule has 7 heteroatoms. The third-order valence-electron chi connectivity index (χ3n) is 3.39. The molecule has 0 amide bonds. The fourth-order valence-corrected chi connectivity index (χ4v) is 6.08. The zero-order valence-electron chi connectivity index (χ0n) is 9.93. The Hall–Kier alpha value is 0.0500. The van der Waals surface area contributed by atoms with Crippen LogP contribution >= 0.6 is 27.3 Å². The summed E-state index contributed by atoms with van der Waals surface area (Å²) < 4.78 is 25.2. The minimum Gasteiger partial charge on any atom is -0.271 e. The van der Waals surface area contributed by atoms with Gasteiger partial charge in [-0.3, -0.25) is 11.3 Å². The van der Waals surface area contributed by atoms with Crippen LogP contribution in [0.5, 0.6) is 0 Å². The van der Waals surface area contributed by atoms with E-state index in [4.69, 9.17) is 5.84 Å². The summed E-state index contributed by atoms with van der Waals surface area (Å²) in [5, 5.41) is 1.63. The van der Waals surface area contributed by atoms with E-state index in [0.29, 0.717) is 18.6 Å². The van der Waals surface area contributed by atoms with Crippen LogP contribution in [0.4, 0.5) is 0 Å². The Labute approximate surface area is 120 Å². The third-order valence-corrected chi connectivity index (χ3v) is 7.68. The predicted octanol–water partition coefficient (Wildman–Crippen LogP) is 1.85. The molecule has 0 aromatic carbocycles. The molecule has 1 aromatic heterocycles. The smallest absolute Gasteiger partial charge is 0.154 e. The zero-order chi connectivity index (χ0) is 13.2. The van der Waals surface area contributed by atoms with Gasteiger partial charge in [-0.25, -0.2) is 8.42 Å². The highest BCUT2D eigenvalue weighted by molar-refractivity contribution is 9.10. The lowest BCUT2D eigenvalue weighted by Gasteiger charge is -2.29. The molecule has 0 aliphatic carbocycles. The van der Waals surface area contributed by atoms with E-state index in [0.717, 1.165) is 22.2 Å². The maximum absolute atomic E-state index is 12.1. The number of hydrogen-bond donors (Lipinski definition) is 2. The summed E-state index contributed by atoms with van der Waals surface area (Å²) in [6, 6.07) is 1.77. The van der Waals surface area contributed by atoms with E-state index in [9.17, 15) is 8.42 Å². The Morgan fingerprint density at radius 1 is 1.56 bits per heavy atom. The van der Waals surface area contributed by atoms with E-state index in [1.807, 2.05) is 11.4 Å². The Morgan fingerprint density at radius 3 is 2.89 bits per heavy atom. The van der Waals surface area contributed by atoms with Crippen molar-refractivity contribution in [1.82, 2.24) is 5.43 Å². The van der Waals surface area contributed by atoms with Gasteiger partial charge in [0.2, 0.25) is 0 Å². The van der Waals surface area contributed by atoms with Gasteiger partial charge in [-0.15, -0.1) is 11.3 Å². The molecule has 18 heavy (non-hydrogen) atoms. The quantitative estimate of drug-likeness (QED) is 0.640. The van der Waals surface area contributed by atoms with Crippen molar-refractivity contribution in [2.45, 2.75) is 37.0 Å². The molecule has 1 fully saturated rings. The Balaban J connectivity index is 2.15. The SMILES string of the molecule is NNC(Cc1sccc1Br)C1CCCCS1(=O)=O. The number of sulfone groups is 1. The van der Waals surface area contributed by atoms with Crippen molar-refractivity contribution in [2.24, 2.45) is 5.84 Å². The van der Waals surface area contributed by atoms with Gasteiger partial charge in [0, 0.05) is 21.8 Å². The van der Waals surface area contributed by atoms with Crippen molar-refractivity contribution in [3.05, 3.63) is 20.8 Å². The van der Waals surface area contributed by atoms with Crippen molar-refractivity contribution in [1.29, 1.82) is 0 Å². The molecule has 0 radical (unpaired) electrons. The lowest BCUT2D eigenvalue weighted by Crippen LogP contribution is -2.50. The summed E-state index contributed by atoms with van der Waals surface area (Å²) >= 11 is 5.09. The van der Waals surface area contributed by atoms with Gasteiger partial charge >= 0.3 is 0 Å².